The third-order valence-corrected chi connectivity index (χ3v) is 6.20. The second kappa shape index (κ2) is 8.61. The molecular weight excluding hydrogens is 414 g/mol. The number of benzene rings is 2. The van der Waals surface area contributed by atoms with E-state index in [1.54, 1.807) is 14.0 Å². The van der Waals surface area contributed by atoms with Gasteiger partial charge in [-0.1, -0.05) is 42.5 Å². The molecule has 0 bridgehead atoms. The first-order chi connectivity index (χ1) is 15.0. The first kappa shape index (κ1) is 20.6. The summed E-state index contributed by atoms with van der Waals surface area (Å²) in [5, 5.41) is 2.85. The summed E-state index contributed by atoms with van der Waals surface area (Å²) in [5.41, 5.74) is 1.38. The normalized spacial score (nSPS) is 10.9. The number of carbonyl (C=O) groups excluding carboxylic acids is 1. The number of nitrogens with one attached hydrogen (secondary N) is 1. The summed E-state index contributed by atoms with van der Waals surface area (Å²) in [6.07, 6.45) is 1.50. The lowest BCUT2D eigenvalue weighted by Crippen LogP contribution is -2.38. The topological polar surface area (TPSA) is 81.8 Å². The van der Waals surface area contributed by atoms with Crippen LogP contribution in [0.1, 0.15) is 26.4 Å². The molecule has 0 saturated carbocycles. The first-order valence-electron chi connectivity index (χ1n) is 9.68. The van der Waals surface area contributed by atoms with Crippen molar-refractivity contribution in [3.05, 3.63) is 103 Å². The van der Waals surface area contributed by atoms with Gasteiger partial charge in [0.2, 0.25) is 0 Å². The van der Waals surface area contributed by atoms with E-state index in [2.05, 4.69) is 5.32 Å². The number of methoxy groups -OCH3 is 1. The molecule has 2 aromatic heterocycles. The van der Waals surface area contributed by atoms with Crippen molar-refractivity contribution in [3.63, 3.8) is 0 Å². The van der Waals surface area contributed by atoms with E-state index >= 15 is 0 Å². The van der Waals surface area contributed by atoms with Gasteiger partial charge in [0.15, 0.2) is 0 Å². The predicted molar refractivity (Wildman–Crippen MR) is 120 cm³/mol. The largest absolute Gasteiger partial charge is 0.497 e. The molecule has 7 nitrogen and oxygen atoms in total. The highest BCUT2D eigenvalue weighted by atomic mass is 32.1. The number of hydrogen-bond donors (Lipinski definition) is 1. The van der Waals surface area contributed by atoms with Gasteiger partial charge in [0.1, 0.15) is 15.5 Å². The quantitative estimate of drug-likeness (QED) is 0.505. The number of hydrogen-bond acceptors (Lipinski definition) is 5. The molecule has 2 aromatic carbocycles. The van der Waals surface area contributed by atoms with Crippen LogP contribution in [0.3, 0.4) is 0 Å². The summed E-state index contributed by atoms with van der Waals surface area (Å²) in [7, 11) is 1.59. The molecule has 2 heterocycles. The Balaban J connectivity index is 1.63. The third-order valence-electron chi connectivity index (χ3n) is 4.99. The van der Waals surface area contributed by atoms with Gasteiger partial charge in [-0.05, 0) is 30.2 Å². The fourth-order valence-electron chi connectivity index (χ4n) is 3.33. The van der Waals surface area contributed by atoms with Crippen LogP contribution in [-0.4, -0.2) is 22.0 Å². The standard InChI is InChI=1S/C23H21N3O4S/c1-15-21(28)25(13-16-7-4-3-5-8-16)23(29)26-14-19(31-22(15)26)20(27)24-12-17-9-6-10-18(11-17)30-2/h3-11,14H,12-13H2,1-2H3,(H,24,27). The van der Waals surface area contributed by atoms with E-state index in [9.17, 15) is 14.4 Å². The van der Waals surface area contributed by atoms with Crippen LogP contribution < -0.4 is 21.3 Å². The lowest BCUT2D eigenvalue weighted by atomic mass is 10.2. The third kappa shape index (κ3) is 4.15. The number of carbonyl (C=O) groups is 1. The highest BCUT2D eigenvalue weighted by molar-refractivity contribution is 7.19. The Bertz CT molecular complexity index is 1370. The minimum Gasteiger partial charge on any atom is -0.497 e. The zero-order valence-electron chi connectivity index (χ0n) is 17.1. The van der Waals surface area contributed by atoms with Crippen molar-refractivity contribution in [1.82, 2.24) is 14.3 Å². The summed E-state index contributed by atoms with van der Waals surface area (Å²) in [4.78, 5) is 39.3. The van der Waals surface area contributed by atoms with E-state index in [0.29, 0.717) is 27.6 Å². The van der Waals surface area contributed by atoms with Crippen molar-refractivity contribution < 1.29 is 9.53 Å². The van der Waals surface area contributed by atoms with Crippen LogP contribution in [-0.2, 0) is 13.1 Å². The number of nitrogens with zero attached hydrogens (tertiary/aromatic N) is 2. The number of ether oxygens (including phenoxy) is 1. The van der Waals surface area contributed by atoms with E-state index in [-0.39, 0.29) is 18.0 Å². The molecule has 1 amide bonds. The molecule has 0 aliphatic carbocycles. The van der Waals surface area contributed by atoms with Gasteiger partial charge >= 0.3 is 5.69 Å². The van der Waals surface area contributed by atoms with E-state index in [1.807, 2.05) is 54.6 Å². The van der Waals surface area contributed by atoms with Crippen molar-refractivity contribution in [1.29, 1.82) is 0 Å². The molecule has 0 spiro atoms. The highest BCUT2D eigenvalue weighted by Crippen LogP contribution is 2.19. The Kier molecular flexibility index (Phi) is 5.73. The van der Waals surface area contributed by atoms with E-state index < -0.39 is 5.69 Å². The number of amides is 1. The Morgan fingerprint density at radius 2 is 1.81 bits per heavy atom. The molecule has 0 aliphatic rings. The van der Waals surface area contributed by atoms with Crippen LogP contribution >= 0.6 is 11.3 Å². The Hall–Kier alpha value is -3.65. The Morgan fingerprint density at radius 3 is 2.55 bits per heavy atom. The van der Waals surface area contributed by atoms with Gasteiger partial charge in [0.25, 0.3) is 11.5 Å². The number of aryl methyl sites for hydroxylation is 1. The predicted octanol–water partition coefficient (Wildman–Crippen LogP) is 2.82. The van der Waals surface area contributed by atoms with Gasteiger partial charge in [-0.15, -0.1) is 11.3 Å². The number of thiazole rings is 1. The fraction of sp³-hybridized carbons (Fsp3) is 0.174. The highest BCUT2D eigenvalue weighted by Gasteiger charge is 2.17. The lowest BCUT2D eigenvalue weighted by Gasteiger charge is -2.07. The second-order valence-electron chi connectivity index (χ2n) is 7.09. The van der Waals surface area contributed by atoms with Gasteiger partial charge < -0.3 is 10.1 Å². The number of rotatable bonds is 6. The van der Waals surface area contributed by atoms with Gasteiger partial charge in [-0.2, -0.15) is 0 Å². The van der Waals surface area contributed by atoms with Gasteiger partial charge in [-0.3, -0.25) is 18.6 Å². The summed E-state index contributed by atoms with van der Waals surface area (Å²) < 4.78 is 7.77. The monoisotopic (exact) mass is 435 g/mol. The van der Waals surface area contributed by atoms with Crippen LogP contribution in [0.25, 0.3) is 4.83 Å². The minimum absolute atomic E-state index is 0.176. The smallest absolute Gasteiger partial charge is 0.336 e. The van der Waals surface area contributed by atoms with Crippen LogP contribution in [0.5, 0.6) is 5.75 Å². The molecular formula is C23H21N3O4S. The van der Waals surface area contributed by atoms with E-state index in [1.165, 1.54) is 15.2 Å². The molecule has 8 heteroatoms. The number of fused-ring (bicyclic) bond motifs is 1. The number of aromatic nitrogens is 2. The molecule has 0 radical (unpaired) electrons. The molecule has 0 saturated heterocycles. The second-order valence-corrected chi connectivity index (χ2v) is 8.12. The Labute approximate surface area is 182 Å². The molecule has 0 unspecified atom stereocenters. The zero-order valence-corrected chi connectivity index (χ0v) is 17.9. The minimum atomic E-state index is -0.461. The maximum Gasteiger partial charge on any atom is 0.336 e. The lowest BCUT2D eigenvalue weighted by molar-refractivity contribution is 0.0954. The van der Waals surface area contributed by atoms with E-state index in [4.69, 9.17) is 4.74 Å². The molecule has 4 aromatic rings. The average molecular weight is 436 g/mol. The average Bonchev–Trinajstić information content (AvgIpc) is 3.26. The molecule has 1 N–H and O–H groups in total. The van der Waals surface area contributed by atoms with Gasteiger partial charge in [-0.25, -0.2) is 4.79 Å². The van der Waals surface area contributed by atoms with Crippen LogP contribution in [0, 0.1) is 6.92 Å². The molecule has 31 heavy (non-hydrogen) atoms. The summed E-state index contributed by atoms with van der Waals surface area (Å²) >= 11 is 1.13. The maximum atomic E-state index is 13.0. The molecule has 0 atom stereocenters. The SMILES string of the molecule is COc1cccc(CNC(=O)c2cn3c(=O)n(Cc4ccccc4)c(=O)c(C)c3s2)c1. The van der Waals surface area contributed by atoms with Crippen molar-refractivity contribution in [2.45, 2.75) is 20.0 Å². The molecule has 4 rings (SSSR count). The van der Waals surface area contributed by atoms with E-state index in [0.717, 1.165) is 22.5 Å². The van der Waals surface area contributed by atoms with Crippen molar-refractivity contribution in [2.75, 3.05) is 7.11 Å². The first-order valence-corrected chi connectivity index (χ1v) is 10.5. The molecule has 158 valence electrons. The summed E-state index contributed by atoms with van der Waals surface area (Å²) in [6.45, 7) is 2.17. The summed E-state index contributed by atoms with van der Waals surface area (Å²) in [5.74, 6) is 0.402. The van der Waals surface area contributed by atoms with Crippen LogP contribution in [0.15, 0.2) is 70.4 Å². The van der Waals surface area contributed by atoms with Crippen molar-refractivity contribution in [3.8, 4) is 5.75 Å². The summed E-state index contributed by atoms with van der Waals surface area (Å²) in [6, 6.07) is 16.7. The van der Waals surface area contributed by atoms with Crippen LogP contribution in [0.2, 0.25) is 0 Å². The van der Waals surface area contributed by atoms with Crippen molar-refractivity contribution in [2.24, 2.45) is 0 Å². The van der Waals surface area contributed by atoms with Crippen molar-refractivity contribution >= 4 is 22.1 Å². The Morgan fingerprint density at radius 1 is 1.06 bits per heavy atom. The maximum absolute atomic E-state index is 13.0. The van der Waals surface area contributed by atoms with Gasteiger partial charge in [0.05, 0.1) is 13.7 Å². The zero-order chi connectivity index (χ0) is 22.0. The molecule has 0 aliphatic heterocycles. The fourth-order valence-corrected chi connectivity index (χ4v) is 4.33. The van der Waals surface area contributed by atoms with Gasteiger partial charge in [0, 0.05) is 18.3 Å². The van der Waals surface area contributed by atoms with Crippen LogP contribution in [0.4, 0.5) is 0 Å². The molecule has 0 fully saturated rings.